The van der Waals surface area contributed by atoms with Gasteiger partial charge in [-0.2, -0.15) is 5.26 Å². The Hall–Kier alpha value is -4.74. The second-order valence-electron chi connectivity index (χ2n) is 27.4. The summed E-state index contributed by atoms with van der Waals surface area (Å²) in [5, 5.41) is 10.2. The van der Waals surface area contributed by atoms with Gasteiger partial charge in [0.05, 0.1) is 19.8 Å². The summed E-state index contributed by atoms with van der Waals surface area (Å²) in [5.74, 6) is -1.03. The molecule has 540 valence electrons. The van der Waals surface area contributed by atoms with Gasteiger partial charge in [0.15, 0.2) is 0 Å². The Labute approximate surface area is 634 Å². The van der Waals surface area contributed by atoms with Gasteiger partial charge in [0.1, 0.15) is 11.6 Å². The first-order valence-corrected chi connectivity index (χ1v) is 45.5. The van der Waals surface area contributed by atoms with Crippen LogP contribution in [0.5, 0.6) is 0 Å². The van der Waals surface area contributed by atoms with E-state index in [1.54, 1.807) is 34.8 Å². The van der Waals surface area contributed by atoms with Crippen molar-refractivity contribution < 1.29 is 19.1 Å². The number of nitriles is 1. The van der Waals surface area contributed by atoms with Crippen LogP contribution in [0.25, 0.3) is 84.9 Å². The van der Waals surface area contributed by atoms with Gasteiger partial charge in [-0.05, 0) is 159 Å². The largest absolute Gasteiger partial charge is 0.471 e. The van der Waals surface area contributed by atoms with Crippen molar-refractivity contribution in [2.75, 3.05) is 13.2 Å². The lowest BCUT2D eigenvalue weighted by Gasteiger charge is -2.04. The number of ether oxygens (including phenoxy) is 2. The highest BCUT2D eigenvalue weighted by Gasteiger charge is 2.24. The predicted molar refractivity (Wildman–Crippen MR) is 445 cm³/mol. The SMILES string of the molecule is [C-]#[N+]/C(=C\c1cc(CCCCCCCC)c(-c2ccc(-c3sc(-c4cc5sc(-c6cc(CCCCCCCC)c(-c7ccc(-c8sc(/C=C(\C#N)C(=O)OCCCCCCCC)cc8CCCCCCCC)s7)s6)cc5s4)cc3CCCCCCCC)s2)s1)C(=O)OCCCCCCCC. The van der Waals surface area contributed by atoms with E-state index in [0.29, 0.717) is 13.2 Å². The first-order valence-electron chi connectivity index (χ1n) is 38.9. The lowest BCUT2D eigenvalue weighted by atomic mass is 10.0. The molecule has 14 heteroatoms. The van der Waals surface area contributed by atoms with Gasteiger partial charge in [0.2, 0.25) is 0 Å². The molecule has 8 aromatic rings. The number of fused-ring (bicyclic) bond motifs is 1. The maximum atomic E-state index is 13.3. The van der Waals surface area contributed by atoms with Crippen molar-refractivity contribution in [2.24, 2.45) is 0 Å². The molecule has 0 aliphatic heterocycles. The number of hydrogen-bond acceptors (Lipinski definition) is 13. The van der Waals surface area contributed by atoms with Crippen LogP contribution in [0.15, 0.2) is 71.9 Å². The average Bonchev–Trinajstić information content (AvgIpc) is 1.62. The molecule has 0 saturated carbocycles. The summed E-state index contributed by atoms with van der Waals surface area (Å²) in [7, 11) is 0. The van der Waals surface area contributed by atoms with Crippen LogP contribution >= 0.6 is 90.7 Å². The van der Waals surface area contributed by atoms with Gasteiger partial charge in [-0.15, -0.1) is 90.7 Å². The molecule has 8 aromatic heterocycles. The molecule has 0 atom stereocenters. The summed E-state index contributed by atoms with van der Waals surface area (Å²) in [4.78, 5) is 48.0. The molecule has 0 radical (unpaired) electrons. The van der Waals surface area contributed by atoms with E-state index < -0.39 is 11.9 Å². The second-order valence-corrected chi connectivity index (χ2v) is 36.0. The van der Waals surface area contributed by atoms with Gasteiger partial charge in [-0.25, -0.2) is 9.64 Å². The number of hydrogen-bond donors (Lipinski definition) is 0. The van der Waals surface area contributed by atoms with E-state index >= 15 is 0 Å². The van der Waals surface area contributed by atoms with Crippen LogP contribution in [0.3, 0.4) is 0 Å². The first-order chi connectivity index (χ1) is 49.1. The molecule has 0 N–H and O–H groups in total. The molecular weight excluding hydrogens is 1380 g/mol. The zero-order chi connectivity index (χ0) is 70.5. The molecule has 8 rings (SSSR count). The molecule has 0 amide bonds. The fourth-order valence-corrected chi connectivity index (χ4v) is 23.0. The lowest BCUT2D eigenvalue weighted by molar-refractivity contribution is -0.139. The van der Waals surface area contributed by atoms with Crippen molar-refractivity contribution in [3.63, 3.8) is 0 Å². The van der Waals surface area contributed by atoms with Gasteiger partial charge in [-0.1, -0.05) is 234 Å². The van der Waals surface area contributed by atoms with Gasteiger partial charge in [-0.3, -0.25) is 4.79 Å². The number of carbonyl (C=O) groups is 2. The van der Waals surface area contributed by atoms with E-state index in [4.69, 9.17) is 16.0 Å². The molecule has 0 unspecified atom stereocenters. The predicted octanol–water partition coefficient (Wildman–Crippen LogP) is 30.9. The molecular formula is C86H114N2O4S8. The number of esters is 2. The minimum atomic E-state index is -0.519. The van der Waals surface area contributed by atoms with E-state index in [2.05, 4.69) is 113 Å². The second kappa shape index (κ2) is 46.2. The molecule has 0 spiro atoms. The molecule has 0 saturated heterocycles. The molecule has 8 heterocycles. The Morgan fingerprint density at radius 3 is 1.01 bits per heavy atom. The standard InChI is InChI=1S/C86H114N2O4S8/c1-8-14-20-26-32-38-44-63-54-68(56-67(62-87)85(89)91-52-42-36-30-24-18-12-5)93-81(63)71-48-50-73(95-71)83-65(46-40-34-28-22-16-10-3)57-75(99-83)77-60-79-80(97-77)61-78(98-79)76-58-66(47-41-35-29-23-17-11-4)84(100-76)74-51-49-72(96-74)82-64(45-39-33-27-21-15-9-2)55-69(94-82)59-70(88-7)86(90)92-53-43-37-31-25-19-13-6/h48-51,54-61H,8-47,52-53H2,1-6H3/b67-56+,70-59-. The Bertz CT molecular complexity index is 3570. The highest BCUT2D eigenvalue weighted by atomic mass is 32.1. The molecule has 0 bridgehead atoms. The molecule has 6 nitrogen and oxygen atoms in total. The topological polar surface area (TPSA) is 80.8 Å². The van der Waals surface area contributed by atoms with E-state index in [9.17, 15) is 14.9 Å². The zero-order valence-corrected chi connectivity index (χ0v) is 68.0. The molecule has 0 aromatic carbocycles. The fraction of sp³-hybridized carbons (Fsp3) is 0.558. The molecule has 0 fully saturated rings. The van der Waals surface area contributed by atoms with Gasteiger partial charge in [0, 0.05) is 77.7 Å². The van der Waals surface area contributed by atoms with Gasteiger partial charge in [0.25, 0.3) is 5.70 Å². The number of rotatable bonds is 52. The van der Waals surface area contributed by atoms with Crippen molar-refractivity contribution >= 4 is 124 Å². The van der Waals surface area contributed by atoms with Gasteiger partial charge < -0.3 is 9.47 Å². The monoisotopic (exact) mass is 1490 g/mol. The Morgan fingerprint density at radius 1 is 0.360 bits per heavy atom. The lowest BCUT2D eigenvalue weighted by Crippen LogP contribution is -2.07. The Balaban J connectivity index is 1.06. The van der Waals surface area contributed by atoms with Crippen LogP contribution in [0.4, 0.5) is 0 Å². The minimum absolute atomic E-state index is 0.0604. The molecule has 100 heavy (non-hydrogen) atoms. The average molecular weight is 1500 g/mol. The summed E-state index contributed by atoms with van der Waals surface area (Å²) in [6, 6.07) is 26.0. The van der Waals surface area contributed by atoms with Crippen molar-refractivity contribution in [3.8, 4) is 64.6 Å². The van der Waals surface area contributed by atoms with Crippen LogP contribution in [0, 0.1) is 17.9 Å². The van der Waals surface area contributed by atoms with Crippen molar-refractivity contribution in [1.82, 2.24) is 0 Å². The number of carbonyl (C=O) groups excluding carboxylic acids is 2. The molecule has 0 aliphatic rings. The van der Waals surface area contributed by atoms with Gasteiger partial charge >= 0.3 is 11.9 Å². The van der Waals surface area contributed by atoms with E-state index in [1.807, 2.05) is 68.0 Å². The highest BCUT2D eigenvalue weighted by Crippen LogP contribution is 2.52. The summed E-state index contributed by atoms with van der Waals surface area (Å²) >= 11 is 15.0. The van der Waals surface area contributed by atoms with Crippen molar-refractivity contribution in [2.45, 2.75) is 298 Å². The summed E-state index contributed by atoms with van der Waals surface area (Å²) in [6.45, 7) is 22.3. The molecule has 0 aliphatic carbocycles. The van der Waals surface area contributed by atoms with E-state index in [-0.39, 0.29) is 11.3 Å². The Kier molecular flexibility index (Phi) is 37.4. The fourth-order valence-electron chi connectivity index (χ4n) is 13.1. The van der Waals surface area contributed by atoms with Crippen LogP contribution < -0.4 is 0 Å². The maximum absolute atomic E-state index is 13.3. The summed E-state index contributed by atoms with van der Waals surface area (Å²) < 4.78 is 14.0. The third-order valence-corrected chi connectivity index (χ3v) is 29.1. The summed E-state index contributed by atoms with van der Waals surface area (Å²) in [5.41, 5.74) is 5.67. The normalized spacial score (nSPS) is 12.0. The maximum Gasteiger partial charge on any atom is 0.348 e. The number of nitrogens with zero attached hydrogens (tertiary/aromatic N) is 2. The minimum Gasteiger partial charge on any atom is -0.471 e. The number of aryl methyl sites for hydroxylation is 4. The number of thiophene rings is 8. The third kappa shape index (κ3) is 25.8. The first kappa shape index (κ1) is 80.9. The summed E-state index contributed by atoms with van der Waals surface area (Å²) in [6.07, 6.45) is 50.9. The number of unbranched alkanes of at least 4 members (excludes halogenated alkanes) is 30. The zero-order valence-electron chi connectivity index (χ0n) is 61.4. The quantitative estimate of drug-likeness (QED) is 0.0125. The van der Waals surface area contributed by atoms with Crippen LogP contribution in [0.1, 0.15) is 305 Å². The van der Waals surface area contributed by atoms with Crippen molar-refractivity contribution in [1.29, 1.82) is 5.26 Å². The van der Waals surface area contributed by atoms with Crippen LogP contribution in [0.2, 0.25) is 0 Å². The van der Waals surface area contributed by atoms with Crippen LogP contribution in [-0.4, -0.2) is 25.2 Å². The smallest absolute Gasteiger partial charge is 0.348 e. The van der Waals surface area contributed by atoms with Crippen molar-refractivity contribution in [3.05, 3.63) is 115 Å². The highest BCUT2D eigenvalue weighted by molar-refractivity contribution is 7.35. The Morgan fingerprint density at radius 2 is 0.660 bits per heavy atom. The third-order valence-electron chi connectivity index (χ3n) is 19.0. The van der Waals surface area contributed by atoms with E-state index in [0.717, 1.165) is 86.8 Å². The van der Waals surface area contributed by atoms with Crippen LogP contribution in [-0.2, 0) is 44.7 Å². The van der Waals surface area contributed by atoms with E-state index in [1.165, 1.54) is 270 Å².